The van der Waals surface area contributed by atoms with Crippen molar-refractivity contribution in [3.8, 4) is 0 Å². The molecule has 0 aromatic rings. The van der Waals surface area contributed by atoms with Crippen molar-refractivity contribution in [1.82, 2.24) is 60.0 Å². The molecule has 1 spiro atoms. The van der Waals surface area contributed by atoms with Gasteiger partial charge in [0.05, 0.1) is 37.6 Å². The van der Waals surface area contributed by atoms with Crippen LogP contribution < -0.4 is 16.0 Å². The molecule has 2 bridgehead atoms. The number of hydrogen-bond acceptors (Lipinski definition) is 14. The topological polar surface area (TPSA) is 289 Å². The van der Waals surface area contributed by atoms with Crippen LogP contribution in [0.15, 0.2) is 12.2 Å². The summed E-state index contributed by atoms with van der Waals surface area (Å²) >= 11 is 0. The number of alkyl halides is 8. The lowest BCUT2D eigenvalue weighted by atomic mass is 9.58. The summed E-state index contributed by atoms with van der Waals surface area (Å²) in [5, 5.41) is 8.37. The molecule has 3 N–H and O–H groups in total. The van der Waals surface area contributed by atoms with Gasteiger partial charge >= 0.3 is 12.4 Å². The first-order valence-corrected chi connectivity index (χ1v) is 39.9. The molecule has 0 aromatic carbocycles. The number of nitrogens with zero attached hydrogens (tertiary/aromatic N) is 9. The highest BCUT2D eigenvalue weighted by Crippen LogP contribution is 2.50. The molecule has 4 saturated carbocycles. The van der Waals surface area contributed by atoms with Gasteiger partial charge in [0, 0.05) is 89.1 Å². The zero-order valence-corrected chi connectivity index (χ0v) is 67.9. The molecule has 6 fully saturated rings. The second-order valence-corrected chi connectivity index (χ2v) is 33.9. The van der Waals surface area contributed by atoms with Crippen LogP contribution in [0.2, 0.25) is 0 Å². The number of nitrogens with one attached hydrogen (secondary N) is 3. The highest BCUT2D eigenvalue weighted by molar-refractivity contribution is 6.01. The number of carbonyl (C=O) groups excluding carboxylic acids is 12. The third-order valence-electron chi connectivity index (χ3n) is 24.4. The van der Waals surface area contributed by atoms with Gasteiger partial charge in [-0.1, -0.05) is 59.6 Å². The van der Waals surface area contributed by atoms with Crippen molar-refractivity contribution >= 4 is 70.9 Å². The molecule has 12 amide bonds. The summed E-state index contributed by atoms with van der Waals surface area (Å²) in [7, 11) is 10.7. The summed E-state index contributed by atoms with van der Waals surface area (Å²) < 4.78 is 127. The molecule has 3 heterocycles. The number of halogens is 8. The molecule has 3 aliphatic heterocycles. The van der Waals surface area contributed by atoms with Crippen molar-refractivity contribution in [2.45, 2.75) is 274 Å². The lowest BCUT2D eigenvalue weighted by Crippen LogP contribution is -2.71. The zero-order chi connectivity index (χ0) is 83.6. The van der Waals surface area contributed by atoms with Crippen molar-refractivity contribution in [3.63, 3.8) is 0 Å². The molecule has 34 heteroatoms. The Kier molecular flexibility index (Phi) is 31.9. The van der Waals surface area contributed by atoms with Crippen LogP contribution in [0.4, 0.5) is 35.1 Å². The Morgan fingerprint density at radius 1 is 0.661 bits per heavy atom. The van der Waals surface area contributed by atoms with E-state index in [0.717, 1.165) is 29.4 Å². The van der Waals surface area contributed by atoms with Gasteiger partial charge in [-0.25, -0.2) is 8.78 Å². The molecule has 4 aliphatic carbocycles. The van der Waals surface area contributed by atoms with E-state index in [9.17, 15) is 50.3 Å². The number of rotatable bonds is 15. The zero-order valence-electron chi connectivity index (χ0n) is 67.9. The average molecular weight is 1600 g/mol. The maximum absolute atomic E-state index is 15.9. The van der Waals surface area contributed by atoms with Crippen molar-refractivity contribution in [3.05, 3.63) is 12.2 Å². The maximum atomic E-state index is 15.9. The van der Waals surface area contributed by atoms with E-state index in [1.54, 1.807) is 32.9 Å². The van der Waals surface area contributed by atoms with Crippen LogP contribution in [0.25, 0.3) is 0 Å². The first kappa shape index (κ1) is 91.9. The fourth-order valence-corrected chi connectivity index (χ4v) is 18.2. The fourth-order valence-electron chi connectivity index (χ4n) is 18.2. The Morgan fingerprint density at radius 3 is 1.84 bits per heavy atom. The minimum absolute atomic E-state index is 0.00367. The Hall–Kier alpha value is -7.26. The lowest BCUT2D eigenvalue weighted by Gasteiger charge is -2.54. The number of fused-ring (bicyclic) bond motifs is 3. The maximum Gasteiger partial charge on any atom is 0.397 e. The number of ether oxygens (including phenoxy) is 2. The van der Waals surface area contributed by atoms with Gasteiger partial charge < -0.3 is 69.5 Å². The van der Waals surface area contributed by atoms with Crippen molar-refractivity contribution in [1.29, 1.82) is 0 Å². The van der Waals surface area contributed by atoms with E-state index in [1.807, 2.05) is 20.8 Å². The van der Waals surface area contributed by atoms with Crippen LogP contribution in [0.3, 0.4) is 0 Å². The Bertz CT molecular complexity index is 3350. The summed E-state index contributed by atoms with van der Waals surface area (Å²) in [6.45, 7) is 10.5. The van der Waals surface area contributed by atoms with Crippen LogP contribution in [0, 0.1) is 40.9 Å². The van der Waals surface area contributed by atoms with Gasteiger partial charge in [-0.3, -0.25) is 57.5 Å². The molecule has 2 saturated heterocycles. The van der Waals surface area contributed by atoms with Crippen LogP contribution >= 0.6 is 0 Å². The van der Waals surface area contributed by atoms with E-state index < -0.39 is 235 Å². The third kappa shape index (κ3) is 22.4. The molecule has 0 radical (unpaired) electrons. The summed E-state index contributed by atoms with van der Waals surface area (Å²) in [6, 6.07) is -11.8. The number of hydrogen-bond donors (Lipinski definition) is 3. The molecule has 2 unspecified atom stereocenters. The van der Waals surface area contributed by atoms with E-state index in [1.165, 1.54) is 78.1 Å². The van der Waals surface area contributed by atoms with E-state index in [4.69, 9.17) is 9.47 Å². The second kappa shape index (κ2) is 38.9. The Morgan fingerprint density at radius 2 is 1.28 bits per heavy atom. The van der Waals surface area contributed by atoms with E-state index in [2.05, 4.69) is 16.0 Å². The number of amides is 12. The van der Waals surface area contributed by atoms with Gasteiger partial charge in [-0.05, 0) is 152 Å². The van der Waals surface area contributed by atoms with Crippen molar-refractivity contribution in [2.24, 2.45) is 40.9 Å². The molecule has 12 atom stereocenters. The second-order valence-electron chi connectivity index (χ2n) is 33.9. The molecular weight excluding hydrogens is 1480 g/mol. The monoisotopic (exact) mass is 1600 g/mol. The fraction of sp³-hybridized carbons (Fsp3) is 0.821. The minimum Gasteiger partial charge on any atom is -0.379 e. The quantitative estimate of drug-likeness (QED) is 0.113. The van der Waals surface area contributed by atoms with Gasteiger partial charge in [-0.2, -0.15) is 26.3 Å². The summed E-state index contributed by atoms with van der Waals surface area (Å²) in [5.41, 5.74) is -2.39. The lowest BCUT2D eigenvalue weighted by molar-refractivity contribution is -0.219. The summed E-state index contributed by atoms with van der Waals surface area (Å²) in [4.78, 5) is 193. The van der Waals surface area contributed by atoms with Crippen LogP contribution in [-0.4, -0.2) is 302 Å². The van der Waals surface area contributed by atoms with E-state index in [-0.39, 0.29) is 109 Å². The molecule has 112 heavy (non-hydrogen) atoms. The van der Waals surface area contributed by atoms with Gasteiger partial charge in [0.1, 0.15) is 72.1 Å². The first-order valence-electron chi connectivity index (χ1n) is 39.9. The molecule has 0 aromatic heterocycles. The van der Waals surface area contributed by atoms with Gasteiger partial charge in [0.2, 0.25) is 70.9 Å². The van der Waals surface area contributed by atoms with Crippen molar-refractivity contribution in [2.75, 3.05) is 95.8 Å². The van der Waals surface area contributed by atoms with Crippen LogP contribution in [0.1, 0.15) is 183 Å². The first-order chi connectivity index (χ1) is 52.3. The molecule has 634 valence electrons. The summed E-state index contributed by atoms with van der Waals surface area (Å²) in [6.07, 6.45) is -15.0. The predicted molar refractivity (Wildman–Crippen MR) is 397 cm³/mol. The van der Waals surface area contributed by atoms with Gasteiger partial charge in [-0.15, -0.1) is 0 Å². The Balaban J connectivity index is 1.35. The normalized spacial score (nSPS) is 31.8. The van der Waals surface area contributed by atoms with Gasteiger partial charge in [0.15, 0.2) is 0 Å². The average Bonchev–Trinajstić information content (AvgIpc) is 0.935. The van der Waals surface area contributed by atoms with Crippen LogP contribution in [0.5, 0.6) is 0 Å². The largest absolute Gasteiger partial charge is 0.397 e. The number of likely N-dealkylation sites (N-methyl/N-ethyl adjacent to an activating group) is 7. The Labute approximate surface area is 653 Å². The summed E-state index contributed by atoms with van der Waals surface area (Å²) in [5.74, 6) is -16.9. The standard InChI is InChI=1S/C78H122F8N12O14/c1-16-32-90(8)69(105)58-39-61(100)94(12)56(34-45(3)4)66(102)88-64(46(5)111-15)72(108)92(10)42-62(101)93(11)55-25-19-18-22-33-97(71(55)107)59(37-47-26-29-50(30-27-47)77(81,82)83)70(106)91(9)41-60(99)87-54(31-28-48-35-52(79)63(53(80)36-48)78(84,85)86)68(104)98-40-51(112-17-2)38-57(98)67(103)89-76(43-75(6,7)44-76)74(110)96(14)65(73(109)95(58)13)49-23-20-21-24-49/h18-19,45-59,63-65H,16-17,20-44H2,1-15H3,(H,87,99)(H,88,102)(H,89,103)/b19-18-/t46-,47?,48?,50?,51-,52?,53?,54+,55+,56+,57+,58+,59+,63?,64+,65+/m1/s1. The SMILES string of the molecule is CCCN(C)C(=O)[C@@H]1CC(=O)N(C)[C@@H](CC(C)C)C(=O)N[C@@H]([C@@H](C)OC)C(=O)N(C)CC(=O)N(C)[C@H]2C/C=C\CCN(C2=O)[C@@H](CC2CCC(C(F)(F)F)CC2)C(=O)N(C)CC(=O)N[C@@H](CCC2CC(F)C(C(F)(F)F)C(F)C2)C(=O)N2C[C@H](OCC)C[C@H]2C(=O)NC2(CC(C)(C)C2)C(=O)N(C)[C@@H](C2CCCC2)C(=O)N1C. The number of methoxy groups -OCH3 is 1. The highest BCUT2D eigenvalue weighted by atomic mass is 19.4. The molecular formula is C78H122F8N12O14. The minimum atomic E-state index is -5.23. The van der Waals surface area contributed by atoms with Gasteiger partial charge in [0.25, 0.3) is 0 Å². The molecule has 7 aliphatic rings. The van der Waals surface area contributed by atoms with Crippen LogP contribution in [-0.2, 0) is 67.0 Å². The molecule has 26 nitrogen and oxygen atoms in total. The smallest absolute Gasteiger partial charge is 0.379 e. The third-order valence-corrected chi connectivity index (χ3v) is 24.4. The number of carbonyl (C=O) groups is 12. The van der Waals surface area contributed by atoms with E-state index >= 15 is 42.3 Å². The molecule has 7 rings (SSSR count). The highest BCUT2D eigenvalue weighted by Gasteiger charge is 2.60. The van der Waals surface area contributed by atoms with Crippen molar-refractivity contribution < 1.29 is 102 Å². The van der Waals surface area contributed by atoms with E-state index in [0.29, 0.717) is 32.1 Å². The predicted octanol–water partition coefficient (Wildman–Crippen LogP) is 6.76.